The van der Waals surface area contributed by atoms with Crippen LogP contribution in [0, 0.1) is 0 Å². The lowest BCUT2D eigenvalue weighted by Gasteiger charge is -2.48. The standard InChI is InChI=1S/C19H37N5O7/c1-19(27)7-28-18(13(26)16(19)24-2)31-15-11(23)5-10(22)14(12(15)25)30-17-9(21)4-3-8(6-20)29-17/h3,9-18,24-27H,4-7,20-23H2,1-2H3/t9-,10+,11-,12+,13?,14-,15+,16-,17-,18-,19+/m1/s1. The predicted molar refractivity (Wildman–Crippen MR) is 110 cm³/mol. The second-order valence-electron chi connectivity index (χ2n) is 8.81. The molecule has 180 valence electrons. The fourth-order valence-electron chi connectivity index (χ4n) is 4.44. The van der Waals surface area contributed by atoms with Crippen molar-refractivity contribution in [2.75, 3.05) is 20.2 Å². The van der Waals surface area contributed by atoms with Crippen LogP contribution in [0.15, 0.2) is 11.8 Å². The number of hydrogen-bond donors (Lipinski definition) is 8. The normalized spacial score (nSPS) is 48.7. The third kappa shape index (κ3) is 5.20. The van der Waals surface area contributed by atoms with Crippen molar-refractivity contribution in [3.8, 4) is 0 Å². The minimum atomic E-state index is -1.29. The van der Waals surface area contributed by atoms with Gasteiger partial charge in [0.05, 0.1) is 25.2 Å². The summed E-state index contributed by atoms with van der Waals surface area (Å²) < 4.78 is 23.1. The van der Waals surface area contributed by atoms with Gasteiger partial charge in [-0.3, -0.25) is 0 Å². The number of nitrogens with two attached hydrogens (primary N) is 4. The molecule has 12 N–H and O–H groups in total. The zero-order chi connectivity index (χ0) is 22.9. The summed E-state index contributed by atoms with van der Waals surface area (Å²) in [6, 6.07) is -2.37. The topological polar surface area (TPSA) is 214 Å². The second kappa shape index (κ2) is 9.93. The summed E-state index contributed by atoms with van der Waals surface area (Å²) in [5.74, 6) is 0.555. The van der Waals surface area contributed by atoms with Gasteiger partial charge in [-0.1, -0.05) is 0 Å². The molecule has 12 heteroatoms. The molecule has 12 nitrogen and oxygen atoms in total. The molecule has 0 aromatic rings. The van der Waals surface area contributed by atoms with Crippen molar-refractivity contribution in [2.24, 2.45) is 22.9 Å². The van der Waals surface area contributed by atoms with Crippen LogP contribution in [0.25, 0.3) is 0 Å². The summed E-state index contributed by atoms with van der Waals surface area (Å²) >= 11 is 0. The van der Waals surface area contributed by atoms with Crippen molar-refractivity contribution in [3.63, 3.8) is 0 Å². The Morgan fingerprint density at radius 3 is 2.29 bits per heavy atom. The SMILES string of the molecule is CN[C@@H]1C(O)[C@@H](O[C@@H]2[C@@H](O)[C@H](O[C@H]3OC(CN)=CC[C@H]3N)[C@@H](N)C[C@H]2N)OC[C@]1(C)O. The van der Waals surface area contributed by atoms with Gasteiger partial charge in [-0.05, 0) is 32.9 Å². The molecule has 2 aliphatic heterocycles. The zero-order valence-corrected chi connectivity index (χ0v) is 18.0. The highest BCUT2D eigenvalue weighted by molar-refractivity contribution is 5.04. The zero-order valence-electron chi connectivity index (χ0n) is 18.0. The first-order valence-corrected chi connectivity index (χ1v) is 10.6. The van der Waals surface area contributed by atoms with Crippen LogP contribution in [0.5, 0.6) is 0 Å². The Hall–Kier alpha value is -0.900. The molecule has 1 saturated carbocycles. The van der Waals surface area contributed by atoms with Gasteiger partial charge >= 0.3 is 0 Å². The van der Waals surface area contributed by atoms with E-state index in [1.165, 1.54) is 0 Å². The summed E-state index contributed by atoms with van der Waals surface area (Å²) in [6.45, 7) is 1.68. The number of ether oxygens (including phenoxy) is 4. The number of hydrogen-bond acceptors (Lipinski definition) is 12. The Morgan fingerprint density at radius 1 is 1.10 bits per heavy atom. The van der Waals surface area contributed by atoms with Crippen LogP contribution in [0.4, 0.5) is 0 Å². The smallest absolute Gasteiger partial charge is 0.215 e. The summed E-state index contributed by atoms with van der Waals surface area (Å²) in [5, 5.41) is 34.9. The molecule has 2 fully saturated rings. The average Bonchev–Trinajstić information content (AvgIpc) is 2.71. The highest BCUT2D eigenvalue weighted by Crippen LogP contribution is 2.31. The van der Waals surface area contributed by atoms with E-state index in [0.29, 0.717) is 18.6 Å². The van der Waals surface area contributed by atoms with Gasteiger partial charge in [0.15, 0.2) is 6.29 Å². The van der Waals surface area contributed by atoms with Crippen molar-refractivity contribution in [2.45, 2.75) is 86.5 Å². The van der Waals surface area contributed by atoms with E-state index in [1.807, 2.05) is 0 Å². The molecule has 1 aliphatic carbocycles. The third-order valence-electron chi connectivity index (χ3n) is 6.22. The fourth-order valence-corrected chi connectivity index (χ4v) is 4.44. The molecule has 0 radical (unpaired) electrons. The van der Waals surface area contributed by atoms with Gasteiger partial charge in [0.25, 0.3) is 0 Å². The van der Waals surface area contributed by atoms with Crippen LogP contribution in [0.1, 0.15) is 19.8 Å². The Kier molecular flexibility index (Phi) is 7.92. The monoisotopic (exact) mass is 447 g/mol. The van der Waals surface area contributed by atoms with Crippen LogP contribution >= 0.6 is 0 Å². The fraction of sp³-hybridized carbons (Fsp3) is 0.895. The first-order valence-electron chi connectivity index (χ1n) is 10.6. The molecular formula is C19H37N5O7. The Morgan fingerprint density at radius 2 is 1.71 bits per heavy atom. The highest BCUT2D eigenvalue weighted by Gasteiger charge is 2.50. The van der Waals surface area contributed by atoms with Crippen molar-refractivity contribution in [1.29, 1.82) is 0 Å². The number of rotatable bonds is 6. The van der Waals surface area contributed by atoms with E-state index in [9.17, 15) is 15.3 Å². The van der Waals surface area contributed by atoms with Crippen LogP contribution < -0.4 is 28.3 Å². The second-order valence-corrected chi connectivity index (χ2v) is 8.81. The maximum atomic E-state index is 11.0. The lowest BCUT2D eigenvalue weighted by Crippen LogP contribution is -2.68. The van der Waals surface area contributed by atoms with Gasteiger partial charge in [-0.2, -0.15) is 0 Å². The maximum absolute atomic E-state index is 11.0. The molecule has 1 unspecified atom stereocenters. The minimum Gasteiger partial charge on any atom is -0.467 e. The summed E-state index contributed by atoms with van der Waals surface area (Å²) in [4.78, 5) is 0. The number of aliphatic hydroxyl groups excluding tert-OH is 2. The Balaban J connectivity index is 1.69. The van der Waals surface area contributed by atoms with Crippen molar-refractivity contribution < 1.29 is 34.3 Å². The molecule has 3 rings (SSSR count). The van der Waals surface area contributed by atoms with Gasteiger partial charge in [-0.15, -0.1) is 0 Å². The van der Waals surface area contributed by atoms with Crippen LogP contribution in [0.3, 0.4) is 0 Å². The lowest BCUT2D eigenvalue weighted by molar-refractivity contribution is -0.303. The summed E-state index contributed by atoms with van der Waals surface area (Å²) in [5.41, 5.74) is 22.9. The molecule has 0 bridgehead atoms. The van der Waals surface area contributed by atoms with E-state index >= 15 is 0 Å². The Labute approximate surface area is 181 Å². The molecule has 0 aromatic carbocycles. The molecule has 31 heavy (non-hydrogen) atoms. The van der Waals surface area contributed by atoms with Crippen molar-refractivity contribution >= 4 is 0 Å². The van der Waals surface area contributed by atoms with Crippen molar-refractivity contribution in [1.82, 2.24) is 5.32 Å². The molecule has 3 aliphatic rings. The van der Waals surface area contributed by atoms with Crippen LogP contribution in [0.2, 0.25) is 0 Å². The Bertz CT molecular complexity index is 639. The maximum Gasteiger partial charge on any atom is 0.215 e. The molecule has 0 amide bonds. The van der Waals surface area contributed by atoms with Crippen molar-refractivity contribution in [3.05, 3.63) is 11.8 Å². The van der Waals surface area contributed by atoms with E-state index in [4.69, 9.17) is 41.9 Å². The van der Waals surface area contributed by atoms with Gasteiger partial charge in [0, 0.05) is 12.1 Å². The number of nitrogens with one attached hydrogen (secondary N) is 1. The lowest BCUT2D eigenvalue weighted by atomic mass is 9.84. The average molecular weight is 448 g/mol. The molecule has 0 aromatic heterocycles. The van der Waals surface area contributed by atoms with Crippen LogP contribution in [-0.2, 0) is 18.9 Å². The first kappa shape index (κ1) is 24.7. The van der Waals surface area contributed by atoms with E-state index in [-0.39, 0.29) is 13.2 Å². The van der Waals surface area contributed by atoms with E-state index < -0.39 is 66.8 Å². The summed E-state index contributed by atoms with van der Waals surface area (Å²) in [7, 11) is 1.62. The van der Waals surface area contributed by atoms with Gasteiger partial charge < -0.3 is 62.5 Å². The third-order valence-corrected chi connectivity index (χ3v) is 6.22. The predicted octanol–water partition coefficient (Wildman–Crippen LogP) is -3.85. The minimum absolute atomic E-state index is 0.0727. The number of aliphatic hydroxyl groups is 3. The van der Waals surface area contributed by atoms with Crippen LogP contribution in [-0.4, -0.2) is 102 Å². The molecule has 0 spiro atoms. The first-order chi connectivity index (χ1) is 14.6. The van der Waals surface area contributed by atoms with E-state index in [0.717, 1.165) is 0 Å². The quantitative estimate of drug-likeness (QED) is 0.196. The van der Waals surface area contributed by atoms with E-state index in [1.54, 1.807) is 20.0 Å². The molecule has 2 heterocycles. The van der Waals surface area contributed by atoms with Gasteiger partial charge in [0.2, 0.25) is 6.29 Å². The molecule has 11 atom stereocenters. The number of likely N-dealkylation sites (N-methyl/N-ethyl adjacent to an activating group) is 1. The largest absolute Gasteiger partial charge is 0.467 e. The highest BCUT2D eigenvalue weighted by atomic mass is 16.7. The summed E-state index contributed by atoms with van der Waals surface area (Å²) in [6.07, 6.45) is -3.56. The van der Waals surface area contributed by atoms with Gasteiger partial charge in [-0.25, -0.2) is 0 Å². The van der Waals surface area contributed by atoms with E-state index in [2.05, 4.69) is 5.32 Å². The molecule has 1 saturated heterocycles. The molecular weight excluding hydrogens is 410 g/mol. The van der Waals surface area contributed by atoms with Gasteiger partial charge in [0.1, 0.15) is 35.8 Å².